The second-order valence-corrected chi connectivity index (χ2v) is 6.24. The van der Waals surface area contributed by atoms with Crippen LogP contribution >= 0.6 is 0 Å². The number of rotatable bonds is 2. The van der Waals surface area contributed by atoms with Crippen LogP contribution in [0.15, 0.2) is 12.1 Å². The number of fused-ring (bicyclic) bond motifs is 1. The van der Waals surface area contributed by atoms with Gasteiger partial charge in [0.2, 0.25) is 0 Å². The summed E-state index contributed by atoms with van der Waals surface area (Å²) < 4.78 is 10.7. The molecule has 0 atom stereocenters. The first-order valence-corrected chi connectivity index (χ1v) is 6.59. The molecule has 0 saturated heterocycles. The molecule has 106 valence electrons. The van der Waals surface area contributed by atoms with E-state index in [1.807, 2.05) is 12.1 Å². The third-order valence-electron chi connectivity index (χ3n) is 4.38. The molecule has 1 aromatic carbocycles. The highest BCUT2D eigenvalue weighted by molar-refractivity contribution is 5.75. The second-order valence-electron chi connectivity index (χ2n) is 6.24. The minimum absolute atomic E-state index is 0.0230. The van der Waals surface area contributed by atoms with Crippen LogP contribution in [0.4, 0.5) is 11.4 Å². The third kappa shape index (κ3) is 2.31. The van der Waals surface area contributed by atoms with E-state index in [9.17, 15) is 0 Å². The number of hydrogen-bond donors (Lipinski definition) is 2. The molecule has 0 saturated carbocycles. The Morgan fingerprint density at radius 1 is 0.947 bits per heavy atom. The van der Waals surface area contributed by atoms with Crippen LogP contribution in [0.1, 0.15) is 27.7 Å². The lowest BCUT2D eigenvalue weighted by Gasteiger charge is -2.41. The molecule has 19 heavy (non-hydrogen) atoms. The van der Waals surface area contributed by atoms with E-state index in [2.05, 4.69) is 38.3 Å². The van der Waals surface area contributed by atoms with Gasteiger partial charge in [-0.15, -0.1) is 0 Å². The zero-order valence-corrected chi connectivity index (χ0v) is 12.7. The van der Waals surface area contributed by atoms with Crippen molar-refractivity contribution in [2.45, 2.75) is 33.2 Å². The summed E-state index contributed by atoms with van der Waals surface area (Å²) in [5, 5.41) is 7.12. The Bertz CT molecular complexity index is 481. The number of benzene rings is 1. The zero-order valence-electron chi connectivity index (χ0n) is 12.7. The summed E-state index contributed by atoms with van der Waals surface area (Å²) in [7, 11) is 3.31. The topological polar surface area (TPSA) is 42.5 Å². The molecule has 0 fully saturated rings. The zero-order chi connectivity index (χ0) is 14.3. The minimum Gasteiger partial charge on any atom is -0.493 e. The van der Waals surface area contributed by atoms with E-state index in [1.165, 1.54) is 0 Å². The number of hydrogen-bond acceptors (Lipinski definition) is 4. The summed E-state index contributed by atoms with van der Waals surface area (Å²) in [6.07, 6.45) is 0. The predicted molar refractivity (Wildman–Crippen MR) is 79.5 cm³/mol. The highest BCUT2D eigenvalue weighted by Gasteiger charge is 2.39. The van der Waals surface area contributed by atoms with E-state index in [0.717, 1.165) is 29.4 Å². The van der Waals surface area contributed by atoms with Crippen molar-refractivity contribution in [3.05, 3.63) is 12.1 Å². The van der Waals surface area contributed by atoms with E-state index in [0.29, 0.717) is 0 Å². The standard InChI is InChI=1S/C15H24N2O2/c1-14(2)9-16-10-7-12(18-5)13(19-6)8-11(10)17-15(14,3)4/h7-8,16-17H,9H2,1-6H3. The van der Waals surface area contributed by atoms with Crippen LogP contribution in [0.3, 0.4) is 0 Å². The summed E-state index contributed by atoms with van der Waals surface area (Å²) in [5.74, 6) is 1.49. The molecule has 2 N–H and O–H groups in total. The average Bonchev–Trinajstić information content (AvgIpc) is 2.43. The molecule has 1 aliphatic rings. The third-order valence-corrected chi connectivity index (χ3v) is 4.38. The van der Waals surface area contributed by atoms with Gasteiger partial charge in [-0.2, -0.15) is 0 Å². The monoisotopic (exact) mass is 264 g/mol. The van der Waals surface area contributed by atoms with E-state index in [1.54, 1.807) is 14.2 Å². The summed E-state index contributed by atoms with van der Waals surface area (Å²) in [6.45, 7) is 9.86. The van der Waals surface area contributed by atoms with Gasteiger partial charge in [-0.3, -0.25) is 0 Å². The molecule has 0 radical (unpaired) electrons. The van der Waals surface area contributed by atoms with Crippen LogP contribution < -0.4 is 20.1 Å². The van der Waals surface area contributed by atoms with Crippen LogP contribution in [0, 0.1) is 5.41 Å². The van der Waals surface area contributed by atoms with E-state index in [4.69, 9.17) is 9.47 Å². The van der Waals surface area contributed by atoms with E-state index < -0.39 is 0 Å². The van der Waals surface area contributed by atoms with Gasteiger partial charge < -0.3 is 20.1 Å². The van der Waals surface area contributed by atoms with Gasteiger partial charge in [0.25, 0.3) is 0 Å². The predicted octanol–water partition coefficient (Wildman–Crippen LogP) is 3.35. The van der Waals surface area contributed by atoms with Gasteiger partial charge in [0.15, 0.2) is 11.5 Å². The van der Waals surface area contributed by atoms with Crippen molar-refractivity contribution in [3.8, 4) is 11.5 Å². The summed E-state index contributed by atoms with van der Waals surface area (Å²) >= 11 is 0. The van der Waals surface area contributed by atoms with Crippen LogP contribution in [0.2, 0.25) is 0 Å². The first-order valence-electron chi connectivity index (χ1n) is 6.59. The van der Waals surface area contributed by atoms with Crippen LogP contribution in [-0.4, -0.2) is 26.3 Å². The van der Waals surface area contributed by atoms with E-state index in [-0.39, 0.29) is 11.0 Å². The molecular weight excluding hydrogens is 240 g/mol. The molecule has 1 heterocycles. The Morgan fingerprint density at radius 2 is 1.47 bits per heavy atom. The first kappa shape index (κ1) is 13.8. The van der Waals surface area contributed by atoms with Gasteiger partial charge in [-0.25, -0.2) is 0 Å². The van der Waals surface area contributed by atoms with Crippen molar-refractivity contribution in [1.29, 1.82) is 0 Å². The Kier molecular flexibility index (Phi) is 3.29. The molecular formula is C15H24N2O2. The normalized spacial score (nSPS) is 19.5. The quantitative estimate of drug-likeness (QED) is 0.859. The number of methoxy groups -OCH3 is 2. The molecule has 0 unspecified atom stereocenters. The van der Waals surface area contributed by atoms with Gasteiger partial charge in [-0.1, -0.05) is 13.8 Å². The maximum Gasteiger partial charge on any atom is 0.162 e. The molecule has 0 bridgehead atoms. The fourth-order valence-electron chi connectivity index (χ4n) is 2.17. The Hall–Kier alpha value is -1.58. The Balaban J connectivity index is 2.48. The molecule has 0 spiro atoms. The smallest absolute Gasteiger partial charge is 0.162 e. The molecule has 0 aromatic heterocycles. The molecule has 0 amide bonds. The molecule has 2 rings (SSSR count). The first-order chi connectivity index (χ1) is 8.80. The maximum atomic E-state index is 5.37. The van der Waals surface area contributed by atoms with Crippen molar-refractivity contribution in [2.75, 3.05) is 31.4 Å². The Labute approximate surface area is 115 Å². The van der Waals surface area contributed by atoms with Crippen molar-refractivity contribution >= 4 is 11.4 Å². The van der Waals surface area contributed by atoms with Gasteiger partial charge in [0, 0.05) is 29.6 Å². The van der Waals surface area contributed by atoms with Gasteiger partial charge in [0.1, 0.15) is 0 Å². The van der Waals surface area contributed by atoms with Crippen LogP contribution in [-0.2, 0) is 0 Å². The maximum absolute atomic E-state index is 5.37. The highest BCUT2D eigenvalue weighted by atomic mass is 16.5. The molecule has 1 aromatic rings. The lowest BCUT2D eigenvalue weighted by molar-refractivity contribution is 0.245. The number of anilines is 2. The minimum atomic E-state index is -0.0230. The average molecular weight is 264 g/mol. The number of nitrogens with one attached hydrogen (secondary N) is 2. The largest absolute Gasteiger partial charge is 0.493 e. The van der Waals surface area contributed by atoms with E-state index >= 15 is 0 Å². The lowest BCUT2D eigenvalue weighted by atomic mass is 9.74. The lowest BCUT2D eigenvalue weighted by Crippen LogP contribution is -2.47. The Morgan fingerprint density at radius 3 is 2.00 bits per heavy atom. The SMILES string of the molecule is COc1cc2c(cc1OC)NC(C)(C)C(C)(C)CN2. The second kappa shape index (κ2) is 4.51. The van der Waals surface area contributed by atoms with Crippen molar-refractivity contribution in [2.24, 2.45) is 5.41 Å². The van der Waals surface area contributed by atoms with Crippen molar-refractivity contribution in [1.82, 2.24) is 0 Å². The van der Waals surface area contributed by atoms with Gasteiger partial charge in [0.05, 0.1) is 25.6 Å². The van der Waals surface area contributed by atoms with Gasteiger partial charge in [-0.05, 0) is 13.8 Å². The summed E-state index contributed by atoms with van der Waals surface area (Å²) in [5.41, 5.74) is 2.20. The number of ether oxygens (including phenoxy) is 2. The summed E-state index contributed by atoms with van der Waals surface area (Å²) in [4.78, 5) is 0. The van der Waals surface area contributed by atoms with Crippen molar-refractivity contribution < 1.29 is 9.47 Å². The molecule has 0 aliphatic carbocycles. The van der Waals surface area contributed by atoms with Crippen molar-refractivity contribution in [3.63, 3.8) is 0 Å². The van der Waals surface area contributed by atoms with Gasteiger partial charge >= 0.3 is 0 Å². The van der Waals surface area contributed by atoms with Crippen LogP contribution in [0.25, 0.3) is 0 Å². The highest BCUT2D eigenvalue weighted by Crippen LogP contribution is 2.43. The molecule has 1 aliphatic heterocycles. The fraction of sp³-hybridized carbons (Fsp3) is 0.600. The van der Waals surface area contributed by atoms with Crippen LogP contribution in [0.5, 0.6) is 11.5 Å². The molecule has 4 heteroatoms. The molecule has 4 nitrogen and oxygen atoms in total. The fourth-order valence-corrected chi connectivity index (χ4v) is 2.17. The summed E-state index contributed by atoms with van der Waals surface area (Å²) in [6, 6.07) is 3.98.